The van der Waals surface area contributed by atoms with E-state index in [-0.39, 0.29) is 0 Å². The molecule has 0 aliphatic rings. The first-order valence-electron chi connectivity index (χ1n) is 4.76. The molecule has 1 N–H and O–H groups in total. The number of hydrogen-bond acceptors (Lipinski definition) is 1. The standard InChI is InChI=1S/C13H16O/c1-3-7-13(14)11(2)10-12-8-5-4-6-9-12/h3-6,8-10,13-14H,1,7H2,2H3/t13-/m1/s1. The molecule has 1 aromatic carbocycles. The van der Waals surface area contributed by atoms with Crippen molar-refractivity contribution >= 4 is 6.08 Å². The Hall–Kier alpha value is -1.34. The molecule has 1 rings (SSSR count). The van der Waals surface area contributed by atoms with Crippen LogP contribution >= 0.6 is 0 Å². The molecule has 0 unspecified atom stereocenters. The highest BCUT2D eigenvalue weighted by Gasteiger charge is 2.02. The molecule has 14 heavy (non-hydrogen) atoms. The van der Waals surface area contributed by atoms with E-state index < -0.39 is 6.10 Å². The van der Waals surface area contributed by atoms with Crippen molar-refractivity contribution in [2.45, 2.75) is 19.4 Å². The molecule has 1 nitrogen and oxygen atoms in total. The molecule has 0 amide bonds. The zero-order valence-corrected chi connectivity index (χ0v) is 8.48. The van der Waals surface area contributed by atoms with E-state index in [2.05, 4.69) is 6.58 Å². The van der Waals surface area contributed by atoms with Gasteiger partial charge in [0, 0.05) is 0 Å². The van der Waals surface area contributed by atoms with Gasteiger partial charge < -0.3 is 5.11 Å². The maximum Gasteiger partial charge on any atom is 0.0784 e. The van der Waals surface area contributed by atoms with Crippen molar-refractivity contribution in [2.75, 3.05) is 0 Å². The van der Waals surface area contributed by atoms with Crippen molar-refractivity contribution in [3.63, 3.8) is 0 Å². The smallest absolute Gasteiger partial charge is 0.0784 e. The molecule has 1 atom stereocenters. The Morgan fingerprint density at radius 2 is 2.07 bits per heavy atom. The van der Waals surface area contributed by atoms with E-state index in [4.69, 9.17) is 0 Å². The lowest BCUT2D eigenvalue weighted by Crippen LogP contribution is -2.05. The van der Waals surface area contributed by atoms with E-state index in [9.17, 15) is 5.11 Å². The fourth-order valence-corrected chi connectivity index (χ4v) is 1.25. The van der Waals surface area contributed by atoms with Gasteiger partial charge in [-0.3, -0.25) is 0 Å². The van der Waals surface area contributed by atoms with Crippen LogP contribution in [0.15, 0.2) is 48.6 Å². The van der Waals surface area contributed by atoms with Crippen molar-refractivity contribution in [2.24, 2.45) is 0 Å². The van der Waals surface area contributed by atoms with Crippen LogP contribution in [0.4, 0.5) is 0 Å². The topological polar surface area (TPSA) is 20.2 Å². The Labute approximate surface area is 85.4 Å². The number of rotatable bonds is 4. The summed E-state index contributed by atoms with van der Waals surface area (Å²) in [6.07, 6.45) is 3.92. The van der Waals surface area contributed by atoms with Gasteiger partial charge in [-0.05, 0) is 24.5 Å². The molecule has 0 bridgehead atoms. The van der Waals surface area contributed by atoms with Crippen LogP contribution in [0.25, 0.3) is 6.08 Å². The summed E-state index contributed by atoms with van der Waals surface area (Å²) in [6.45, 7) is 5.53. The lowest BCUT2D eigenvalue weighted by Gasteiger charge is -2.08. The van der Waals surface area contributed by atoms with Crippen LogP contribution in [0.3, 0.4) is 0 Å². The summed E-state index contributed by atoms with van der Waals surface area (Å²) in [7, 11) is 0. The zero-order valence-electron chi connectivity index (χ0n) is 8.48. The summed E-state index contributed by atoms with van der Waals surface area (Å²) in [5, 5.41) is 9.64. The SMILES string of the molecule is C=CC[C@@H](O)C(C)=Cc1ccccc1. The minimum Gasteiger partial charge on any atom is -0.388 e. The average Bonchev–Trinajstić information content (AvgIpc) is 2.19. The first-order valence-corrected chi connectivity index (χ1v) is 4.76. The van der Waals surface area contributed by atoms with Gasteiger partial charge in [0.15, 0.2) is 0 Å². The highest BCUT2D eigenvalue weighted by atomic mass is 16.3. The number of hydrogen-bond donors (Lipinski definition) is 1. The number of aliphatic hydroxyl groups excluding tert-OH is 1. The lowest BCUT2D eigenvalue weighted by atomic mass is 10.1. The summed E-state index contributed by atoms with van der Waals surface area (Å²) >= 11 is 0. The maximum atomic E-state index is 9.64. The third kappa shape index (κ3) is 3.19. The van der Waals surface area contributed by atoms with Gasteiger partial charge >= 0.3 is 0 Å². The molecule has 0 saturated carbocycles. The Morgan fingerprint density at radius 1 is 1.43 bits per heavy atom. The molecule has 0 radical (unpaired) electrons. The van der Waals surface area contributed by atoms with Crippen LogP contribution in [0.2, 0.25) is 0 Å². The number of aliphatic hydroxyl groups is 1. The van der Waals surface area contributed by atoms with E-state index in [0.717, 1.165) is 11.1 Å². The molecular formula is C13H16O. The second kappa shape index (κ2) is 5.40. The van der Waals surface area contributed by atoms with Crippen LogP contribution < -0.4 is 0 Å². The molecule has 0 aliphatic carbocycles. The minimum absolute atomic E-state index is 0.410. The molecule has 1 aromatic rings. The van der Waals surface area contributed by atoms with Crippen LogP contribution in [0.5, 0.6) is 0 Å². The van der Waals surface area contributed by atoms with Crippen molar-refractivity contribution in [1.82, 2.24) is 0 Å². The molecule has 0 aromatic heterocycles. The zero-order chi connectivity index (χ0) is 10.4. The molecule has 74 valence electrons. The van der Waals surface area contributed by atoms with Gasteiger partial charge in [-0.1, -0.05) is 42.5 Å². The monoisotopic (exact) mass is 188 g/mol. The van der Waals surface area contributed by atoms with Gasteiger partial charge in [0.2, 0.25) is 0 Å². The summed E-state index contributed by atoms with van der Waals surface area (Å²) in [5.74, 6) is 0. The van der Waals surface area contributed by atoms with Crippen molar-refractivity contribution < 1.29 is 5.11 Å². The fraction of sp³-hybridized carbons (Fsp3) is 0.231. The molecule has 1 heteroatoms. The second-order valence-electron chi connectivity index (χ2n) is 3.34. The second-order valence-corrected chi connectivity index (χ2v) is 3.34. The predicted octanol–water partition coefficient (Wildman–Crippen LogP) is 3.03. The Morgan fingerprint density at radius 3 is 2.64 bits per heavy atom. The van der Waals surface area contributed by atoms with Crippen molar-refractivity contribution in [3.05, 3.63) is 54.1 Å². The maximum absolute atomic E-state index is 9.64. The quantitative estimate of drug-likeness (QED) is 0.720. The van der Waals surface area contributed by atoms with Crippen molar-refractivity contribution in [3.8, 4) is 0 Å². The first-order chi connectivity index (χ1) is 6.74. The lowest BCUT2D eigenvalue weighted by molar-refractivity contribution is 0.215. The molecule has 0 aliphatic heterocycles. The Balaban J connectivity index is 2.73. The van der Waals surface area contributed by atoms with Crippen LogP contribution in [-0.4, -0.2) is 11.2 Å². The van der Waals surface area contributed by atoms with Gasteiger partial charge in [0.1, 0.15) is 0 Å². The van der Waals surface area contributed by atoms with Crippen LogP contribution in [0, 0.1) is 0 Å². The largest absolute Gasteiger partial charge is 0.388 e. The van der Waals surface area contributed by atoms with Crippen LogP contribution in [0.1, 0.15) is 18.9 Å². The third-order valence-electron chi connectivity index (χ3n) is 2.11. The van der Waals surface area contributed by atoms with E-state index in [1.165, 1.54) is 0 Å². The molecule has 0 fully saturated rings. The highest BCUT2D eigenvalue weighted by Crippen LogP contribution is 2.11. The third-order valence-corrected chi connectivity index (χ3v) is 2.11. The van der Waals surface area contributed by atoms with E-state index in [1.807, 2.05) is 43.3 Å². The molecule has 0 heterocycles. The van der Waals surface area contributed by atoms with Gasteiger partial charge in [-0.2, -0.15) is 0 Å². The normalized spacial score (nSPS) is 13.7. The van der Waals surface area contributed by atoms with Gasteiger partial charge in [-0.15, -0.1) is 6.58 Å². The number of benzene rings is 1. The van der Waals surface area contributed by atoms with E-state index in [1.54, 1.807) is 6.08 Å². The van der Waals surface area contributed by atoms with E-state index in [0.29, 0.717) is 6.42 Å². The van der Waals surface area contributed by atoms with Crippen molar-refractivity contribution in [1.29, 1.82) is 0 Å². The molecule has 0 saturated heterocycles. The summed E-state index contributed by atoms with van der Waals surface area (Å²) in [6, 6.07) is 9.99. The first kappa shape index (κ1) is 10.7. The summed E-state index contributed by atoms with van der Waals surface area (Å²) < 4.78 is 0. The average molecular weight is 188 g/mol. The van der Waals surface area contributed by atoms with E-state index >= 15 is 0 Å². The van der Waals surface area contributed by atoms with Crippen LogP contribution in [-0.2, 0) is 0 Å². The molecule has 0 spiro atoms. The Kier molecular flexibility index (Phi) is 4.14. The fourth-order valence-electron chi connectivity index (χ4n) is 1.25. The summed E-state index contributed by atoms with van der Waals surface area (Å²) in [4.78, 5) is 0. The highest BCUT2D eigenvalue weighted by molar-refractivity contribution is 5.52. The van der Waals surface area contributed by atoms with Gasteiger partial charge in [0.25, 0.3) is 0 Å². The Bertz CT molecular complexity index is 311. The van der Waals surface area contributed by atoms with Gasteiger partial charge in [0.05, 0.1) is 6.10 Å². The predicted molar refractivity (Wildman–Crippen MR) is 60.9 cm³/mol. The molecular weight excluding hydrogens is 172 g/mol. The minimum atomic E-state index is -0.410. The summed E-state index contributed by atoms with van der Waals surface area (Å²) in [5.41, 5.74) is 2.09. The van der Waals surface area contributed by atoms with Gasteiger partial charge in [-0.25, -0.2) is 0 Å².